The molecule has 2 aromatic carbocycles. The molecule has 0 radical (unpaired) electrons. The number of aryl methyl sites for hydroxylation is 2. The van der Waals surface area contributed by atoms with E-state index in [2.05, 4.69) is 27.7 Å². The number of carbonyl (C=O) groups excluding carboxylic acids is 2. The van der Waals surface area contributed by atoms with Gasteiger partial charge in [0.25, 0.3) is 0 Å². The molecule has 0 heterocycles. The van der Waals surface area contributed by atoms with Crippen LogP contribution in [0.15, 0.2) is 36.4 Å². The van der Waals surface area contributed by atoms with E-state index in [4.69, 9.17) is 9.47 Å². The van der Waals surface area contributed by atoms with E-state index in [1.165, 1.54) is 116 Å². The van der Waals surface area contributed by atoms with E-state index in [-0.39, 0.29) is 0 Å². The molecule has 0 unspecified atom stereocenters. The number of esters is 2. The summed E-state index contributed by atoms with van der Waals surface area (Å²) in [4.78, 5) is 24.7. The number of ether oxygens (including phenoxy) is 2. The highest BCUT2D eigenvalue weighted by Gasteiger charge is 2.19. The molecular formula is C46H76O6. The Morgan fingerprint density at radius 2 is 0.731 bits per heavy atom. The van der Waals surface area contributed by atoms with E-state index >= 15 is 0 Å². The van der Waals surface area contributed by atoms with Gasteiger partial charge < -0.3 is 19.7 Å². The number of phenolic OH excluding ortho intramolecular Hbond substituents is 2. The topological polar surface area (TPSA) is 93.1 Å². The molecular weight excluding hydrogens is 649 g/mol. The number of phenols is 2. The summed E-state index contributed by atoms with van der Waals surface area (Å²) in [6.45, 7) is 9.63. The number of aromatic hydroxyl groups is 2. The number of rotatable bonds is 30. The van der Waals surface area contributed by atoms with E-state index in [9.17, 15) is 19.8 Å². The van der Waals surface area contributed by atoms with E-state index in [1.54, 1.807) is 36.4 Å². The van der Waals surface area contributed by atoms with Crippen LogP contribution in [-0.2, 0) is 22.3 Å². The van der Waals surface area contributed by atoms with Crippen LogP contribution in [-0.4, -0.2) is 35.4 Å². The summed E-state index contributed by atoms with van der Waals surface area (Å²) in [6, 6.07) is 10.3. The average molecular weight is 725 g/mol. The van der Waals surface area contributed by atoms with Crippen molar-refractivity contribution in [3.8, 4) is 11.5 Å². The maximum atomic E-state index is 12.4. The second-order valence-electron chi connectivity index (χ2n) is 14.5. The van der Waals surface area contributed by atoms with Crippen LogP contribution in [0.2, 0.25) is 0 Å². The van der Waals surface area contributed by atoms with E-state index in [0.29, 0.717) is 35.8 Å². The second kappa shape index (κ2) is 32.6. The van der Waals surface area contributed by atoms with Crippen molar-refractivity contribution in [2.45, 2.75) is 195 Å². The van der Waals surface area contributed by atoms with Crippen LogP contribution in [0.5, 0.6) is 11.5 Å². The lowest BCUT2D eigenvalue weighted by Crippen LogP contribution is -2.15. The molecule has 0 saturated heterocycles. The fourth-order valence-corrected chi connectivity index (χ4v) is 6.34. The lowest BCUT2D eigenvalue weighted by molar-refractivity contribution is 0.0450. The molecule has 2 rings (SSSR count). The number of carbonyl (C=O) groups is 2. The van der Waals surface area contributed by atoms with Gasteiger partial charge in [-0.1, -0.05) is 168 Å². The summed E-state index contributed by atoms with van der Waals surface area (Å²) < 4.78 is 10.7. The second-order valence-corrected chi connectivity index (χ2v) is 14.5. The zero-order chi connectivity index (χ0) is 38.1. The average Bonchev–Trinajstić information content (AvgIpc) is 3.15. The zero-order valence-corrected chi connectivity index (χ0v) is 33.8. The third-order valence-electron chi connectivity index (χ3n) is 9.71. The van der Waals surface area contributed by atoms with Gasteiger partial charge in [-0.3, -0.25) is 0 Å². The molecule has 0 spiro atoms. The molecule has 0 aliphatic rings. The number of unbranched alkanes of at least 4 members (excludes halogenated alkanes) is 20. The molecule has 0 aliphatic heterocycles. The van der Waals surface area contributed by atoms with Gasteiger partial charge in [-0.2, -0.15) is 0 Å². The van der Waals surface area contributed by atoms with Gasteiger partial charge in [0.05, 0.1) is 24.3 Å². The van der Waals surface area contributed by atoms with Crippen LogP contribution in [0, 0.1) is 0 Å². The van der Waals surface area contributed by atoms with Gasteiger partial charge >= 0.3 is 11.9 Å². The molecule has 0 fully saturated rings. The normalized spacial score (nSPS) is 10.8. The summed E-state index contributed by atoms with van der Waals surface area (Å²) in [5.41, 5.74) is 2.38. The third kappa shape index (κ3) is 22.8. The minimum Gasteiger partial charge on any atom is -0.508 e. The molecule has 2 aromatic rings. The predicted molar refractivity (Wildman–Crippen MR) is 218 cm³/mol. The fourth-order valence-electron chi connectivity index (χ4n) is 6.34. The van der Waals surface area contributed by atoms with Gasteiger partial charge in [0.15, 0.2) is 0 Å². The summed E-state index contributed by atoms with van der Waals surface area (Å²) in [5.74, 6) is -0.161. The molecule has 0 atom stereocenters. The van der Waals surface area contributed by atoms with Crippen LogP contribution in [0.4, 0.5) is 0 Å². The predicted octanol–water partition coefficient (Wildman–Crippen LogP) is 13.6. The third-order valence-corrected chi connectivity index (χ3v) is 9.71. The summed E-state index contributed by atoms with van der Waals surface area (Å²) in [7, 11) is 0. The minimum atomic E-state index is -0.444. The molecule has 0 bridgehead atoms. The van der Waals surface area contributed by atoms with Gasteiger partial charge in [-0.25, -0.2) is 9.59 Å². The van der Waals surface area contributed by atoms with Crippen molar-refractivity contribution in [2.24, 2.45) is 0 Å². The van der Waals surface area contributed by atoms with E-state index in [1.807, 2.05) is 0 Å². The Morgan fingerprint density at radius 3 is 1.06 bits per heavy atom. The smallest absolute Gasteiger partial charge is 0.339 e. The Hall–Kier alpha value is -3.02. The Labute approximate surface area is 318 Å². The monoisotopic (exact) mass is 725 g/mol. The SMILES string of the molecule is CCCCCCCCOC(=O)c1ccccc1C(=O)OCCCCCCCC.CCCCCCCCc1cc(O)c(CCCCCCCC)cc1O. The van der Waals surface area contributed by atoms with Crippen LogP contribution >= 0.6 is 0 Å². The van der Waals surface area contributed by atoms with Crippen LogP contribution < -0.4 is 0 Å². The maximum absolute atomic E-state index is 12.4. The highest BCUT2D eigenvalue weighted by Crippen LogP contribution is 2.30. The lowest BCUT2D eigenvalue weighted by atomic mass is 9.99. The van der Waals surface area contributed by atoms with Crippen molar-refractivity contribution < 1.29 is 29.3 Å². The molecule has 0 aliphatic carbocycles. The Morgan fingerprint density at radius 1 is 0.442 bits per heavy atom. The molecule has 2 N–H and O–H groups in total. The molecule has 52 heavy (non-hydrogen) atoms. The minimum absolute atomic E-state index is 0.293. The molecule has 6 heteroatoms. The quantitative estimate of drug-likeness (QED) is 0.0473. The van der Waals surface area contributed by atoms with Gasteiger partial charge in [-0.15, -0.1) is 0 Å². The van der Waals surface area contributed by atoms with Crippen molar-refractivity contribution >= 4 is 11.9 Å². The highest BCUT2D eigenvalue weighted by molar-refractivity contribution is 6.03. The highest BCUT2D eigenvalue weighted by atomic mass is 16.5. The molecule has 0 amide bonds. The summed E-state index contributed by atoms with van der Waals surface area (Å²) >= 11 is 0. The van der Waals surface area contributed by atoms with Crippen molar-refractivity contribution in [1.82, 2.24) is 0 Å². The molecule has 6 nitrogen and oxygen atoms in total. The van der Waals surface area contributed by atoms with Crippen molar-refractivity contribution in [3.05, 3.63) is 58.7 Å². The Kier molecular flexibility index (Phi) is 29.5. The van der Waals surface area contributed by atoms with Crippen molar-refractivity contribution in [1.29, 1.82) is 0 Å². The molecule has 0 saturated carbocycles. The van der Waals surface area contributed by atoms with E-state index in [0.717, 1.165) is 62.5 Å². The fraction of sp³-hybridized carbons (Fsp3) is 0.696. The zero-order valence-electron chi connectivity index (χ0n) is 33.8. The van der Waals surface area contributed by atoms with Gasteiger partial charge in [0.1, 0.15) is 11.5 Å². The summed E-state index contributed by atoms with van der Waals surface area (Å²) in [6.07, 6.45) is 30.3. The largest absolute Gasteiger partial charge is 0.508 e. The van der Waals surface area contributed by atoms with Crippen molar-refractivity contribution in [3.63, 3.8) is 0 Å². The van der Waals surface area contributed by atoms with Gasteiger partial charge in [0, 0.05) is 0 Å². The number of hydrogen-bond donors (Lipinski definition) is 2. The number of benzene rings is 2. The first-order valence-electron chi connectivity index (χ1n) is 21.4. The molecule has 0 aromatic heterocycles. The standard InChI is InChI=1S/C24H38O4.C22H38O2/c1-3-5-7-9-11-15-19-27-23(25)21-17-13-14-18-22(21)24(26)28-20-16-12-10-8-6-4-2;1-3-5-7-9-11-13-15-19-17-22(24)20(18-21(19)23)16-14-12-10-8-6-4-2/h13-14,17-18H,3-12,15-16,19-20H2,1-2H3;17-18,23-24H,3-16H2,1-2H3. The summed E-state index contributed by atoms with van der Waals surface area (Å²) in [5, 5.41) is 20.4. The van der Waals surface area contributed by atoms with Crippen LogP contribution in [0.3, 0.4) is 0 Å². The first-order chi connectivity index (χ1) is 25.4. The van der Waals surface area contributed by atoms with Crippen LogP contribution in [0.25, 0.3) is 0 Å². The Balaban J connectivity index is 0.000000526. The van der Waals surface area contributed by atoms with Gasteiger partial charge in [0.2, 0.25) is 0 Å². The maximum Gasteiger partial charge on any atom is 0.339 e. The lowest BCUT2D eigenvalue weighted by Gasteiger charge is -2.10. The van der Waals surface area contributed by atoms with E-state index < -0.39 is 11.9 Å². The Bertz CT molecular complexity index is 1080. The van der Waals surface area contributed by atoms with Crippen LogP contribution in [0.1, 0.15) is 214 Å². The first kappa shape index (κ1) is 47.0. The number of hydrogen-bond acceptors (Lipinski definition) is 6. The van der Waals surface area contributed by atoms with Gasteiger partial charge in [-0.05, 0) is 73.9 Å². The van der Waals surface area contributed by atoms with Crippen molar-refractivity contribution in [2.75, 3.05) is 13.2 Å². The first-order valence-corrected chi connectivity index (χ1v) is 21.4. The molecule has 296 valence electrons.